The zero-order valence-corrected chi connectivity index (χ0v) is 24.7. The number of rotatable bonds is 8. The molecule has 0 saturated carbocycles. The molecule has 1 heterocycles. The number of hydrogen-bond donors (Lipinski definition) is 0. The van der Waals surface area contributed by atoms with Crippen LogP contribution in [0.3, 0.4) is 0 Å². The molecule has 6 heteroatoms. The molecule has 3 aromatic rings. The highest BCUT2D eigenvalue weighted by Crippen LogP contribution is 2.45. The topological polar surface area (TPSA) is 66.9 Å². The van der Waals surface area contributed by atoms with Crippen LogP contribution in [0.25, 0.3) is 0 Å². The monoisotopic (exact) mass is 552 g/mol. The van der Waals surface area contributed by atoms with E-state index in [1.165, 1.54) is 0 Å². The largest absolute Gasteiger partial charge is 0.426 e. The van der Waals surface area contributed by atoms with E-state index in [0.29, 0.717) is 31.6 Å². The van der Waals surface area contributed by atoms with Gasteiger partial charge < -0.3 is 9.64 Å². The van der Waals surface area contributed by atoms with Gasteiger partial charge in [-0.05, 0) is 60.6 Å². The van der Waals surface area contributed by atoms with Crippen molar-refractivity contribution in [3.8, 4) is 5.75 Å². The van der Waals surface area contributed by atoms with Crippen molar-refractivity contribution in [2.24, 2.45) is 5.92 Å². The number of likely N-dealkylation sites (tertiary alicyclic amines) is 1. The standard InChI is InChI=1S/C35H40N2O4/c1-24(2)32(39)41-28-17-16-25-22-30-31(38)34(3,29(25)23-28)18-20-37(30)21-19-35(33(40)36(4)5,26-12-8-6-9-13-26)27-14-10-7-11-15-27/h6-17,23-24,30H,18-22H2,1-5H3. The van der Waals surface area contributed by atoms with Gasteiger partial charge in [0.25, 0.3) is 0 Å². The average Bonchev–Trinajstić information content (AvgIpc) is 2.97. The van der Waals surface area contributed by atoms with E-state index in [9.17, 15) is 14.4 Å². The van der Waals surface area contributed by atoms with Crippen molar-refractivity contribution in [3.05, 3.63) is 101 Å². The van der Waals surface area contributed by atoms with Crippen LogP contribution in [-0.2, 0) is 31.6 Å². The summed E-state index contributed by atoms with van der Waals surface area (Å²) in [5.74, 6) is 0.217. The molecular formula is C35H40N2O4. The Balaban J connectivity index is 1.47. The number of piperidine rings is 1. The first kappa shape index (κ1) is 28.7. The number of Topliss-reactive ketones (excluding diaryl/α,β-unsaturated/α-hetero) is 1. The van der Waals surface area contributed by atoms with Crippen LogP contribution < -0.4 is 4.74 Å². The van der Waals surface area contributed by atoms with E-state index in [1.807, 2.05) is 114 Å². The molecule has 0 radical (unpaired) electrons. The number of carbonyl (C=O) groups excluding carboxylic acids is 3. The zero-order valence-electron chi connectivity index (χ0n) is 24.7. The summed E-state index contributed by atoms with van der Waals surface area (Å²) >= 11 is 0. The van der Waals surface area contributed by atoms with E-state index < -0.39 is 10.8 Å². The van der Waals surface area contributed by atoms with Crippen molar-refractivity contribution in [2.75, 3.05) is 27.2 Å². The van der Waals surface area contributed by atoms with Gasteiger partial charge in [0.2, 0.25) is 5.91 Å². The second kappa shape index (κ2) is 11.2. The van der Waals surface area contributed by atoms with Gasteiger partial charge in [0.15, 0.2) is 5.78 Å². The minimum Gasteiger partial charge on any atom is -0.426 e. The maximum absolute atomic E-state index is 14.1. The third-order valence-corrected chi connectivity index (χ3v) is 9.04. The lowest BCUT2D eigenvalue weighted by Gasteiger charge is -2.49. The molecule has 3 aromatic carbocycles. The summed E-state index contributed by atoms with van der Waals surface area (Å²) in [6.07, 6.45) is 1.82. The highest BCUT2D eigenvalue weighted by atomic mass is 16.5. The Morgan fingerprint density at radius 1 is 1.00 bits per heavy atom. The maximum Gasteiger partial charge on any atom is 0.313 e. The smallest absolute Gasteiger partial charge is 0.313 e. The SMILES string of the molecule is CC(C)C(=O)Oc1ccc2c(c1)C1(C)CCN(CCC(C(=O)N(C)C)(c3ccccc3)c3ccccc3)C(C2)C1=O. The molecule has 1 saturated heterocycles. The molecule has 1 fully saturated rings. The summed E-state index contributed by atoms with van der Waals surface area (Å²) in [5.41, 5.74) is 2.49. The first-order chi connectivity index (χ1) is 19.6. The Morgan fingerprint density at radius 3 is 2.17 bits per heavy atom. The molecule has 1 aliphatic carbocycles. The summed E-state index contributed by atoms with van der Waals surface area (Å²) in [7, 11) is 3.62. The normalized spacial score (nSPS) is 20.4. The van der Waals surface area contributed by atoms with E-state index in [-0.39, 0.29) is 29.6 Å². The van der Waals surface area contributed by atoms with Crippen molar-refractivity contribution in [2.45, 2.75) is 56.9 Å². The highest BCUT2D eigenvalue weighted by Gasteiger charge is 2.51. The summed E-state index contributed by atoms with van der Waals surface area (Å²) in [6, 6.07) is 25.5. The van der Waals surface area contributed by atoms with Crippen molar-refractivity contribution in [1.29, 1.82) is 0 Å². The van der Waals surface area contributed by atoms with Gasteiger partial charge in [-0.15, -0.1) is 0 Å². The fourth-order valence-corrected chi connectivity index (χ4v) is 6.64. The minimum atomic E-state index is -0.877. The van der Waals surface area contributed by atoms with E-state index in [4.69, 9.17) is 4.74 Å². The molecule has 0 spiro atoms. The van der Waals surface area contributed by atoms with Gasteiger partial charge >= 0.3 is 5.97 Å². The van der Waals surface area contributed by atoms with Crippen molar-refractivity contribution in [3.63, 3.8) is 0 Å². The average molecular weight is 553 g/mol. The van der Waals surface area contributed by atoms with Gasteiger partial charge in [0.05, 0.1) is 17.4 Å². The minimum absolute atomic E-state index is 0.0283. The van der Waals surface area contributed by atoms with E-state index in [2.05, 4.69) is 4.90 Å². The van der Waals surface area contributed by atoms with Crippen LogP contribution in [0.2, 0.25) is 0 Å². The molecule has 2 atom stereocenters. The molecule has 214 valence electrons. The predicted octanol–water partition coefficient (Wildman–Crippen LogP) is 5.17. The number of amides is 1. The maximum atomic E-state index is 14.1. The quantitative estimate of drug-likeness (QED) is 0.285. The molecule has 41 heavy (non-hydrogen) atoms. The van der Waals surface area contributed by atoms with Gasteiger partial charge in [-0.3, -0.25) is 19.3 Å². The fraction of sp³-hybridized carbons (Fsp3) is 0.400. The van der Waals surface area contributed by atoms with E-state index in [0.717, 1.165) is 28.8 Å². The molecule has 2 unspecified atom stereocenters. The molecule has 1 amide bonds. The van der Waals surface area contributed by atoms with Crippen molar-refractivity contribution >= 4 is 17.7 Å². The van der Waals surface area contributed by atoms with Gasteiger partial charge in [0, 0.05) is 27.2 Å². The molecule has 2 bridgehead atoms. The van der Waals surface area contributed by atoms with Gasteiger partial charge in [-0.1, -0.05) is 80.6 Å². The summed E-state index contributed by atoms with van der Waals surface area (Å²) in [6.45, 7) is 7.00. The number of ether oxygens (including phenoxy) is 1. The van der Waals surface area contributed by atoms with Gasteiger partial charge in [-0.25, -0.2) is 0 Å². The lowest BCUT2D eigenvalue weighted by Crippen LogP contribution is -2.60. The third kappa shape index (κ3) is 5.10. The van der Waals surface area contributed by atoms with Crippen LogP contribution in [0.15, 0.2) is 78.9 Å². The predicted molar refractivity (Wildman–Crippen MR) is 160 cm³/mol. The summed E-state index contributed by atoms with van der Waals surface area (Å²) in [4.78, 5) is 44.3. The number of ketones is 1. The molecule has 1 aliphatic heterocycles. The van der Waals surface area contributed by atoms with Crippen LogP contribution in [-0.4, -0.2) is 60.7 Å². The number of benzene rings is 3. The van der Waals surface area contributed by atoms with Crippen LogP contribution >= 0.6 is 0 Å². The first-order valence-electron chi connectivity index (χ1n) is 14.5. The van der Waals surface area contributed by atoms with E-state index in [1.54, 1.807) is 4.90 Å². The van der Waals surface area contributed by atoms with Crippen LogP contribution in [0.5, 0.6) is 5.75 Å². The van der Waals surface area contributed by atoms with Crippen LogP contribution in [0.4, 0.5) is 0 Å². The summed E-state index contributed by atoms with van der Waals surface area (Å²) < 4.78 is 5.59. The third-order valence-electron chi connectivity index (χ3n) is 9.04. The molecule has 0 N–H and O–H groups in total. The molecule has 5 rings (SSSR count). The Bertz CT molecular complexity index is 1390. The van der Waals surface area contributed by atoms with Gasteiger partial charge in [-0.2, -0.15) is 0 Å². The Hall–Kier alpha value is -3.77. The highest BCUT2D eigenvalue weighted by molar-refractivity contribution is 5.97. The number of carbonyl (C=O) groups is 3. The lowest BCUT2D eigenvalue weighted by atomic mass is 9.63. The molecule has 2 aliphatic rings. The number of nitrogens with zero attached hydrogens (tertiary/aromatic N) is 2. The van der Waals surface area contributed by atoms with Crippen molar-refractivity contribution in [1.82, 2.24) is 9.80 Å². The van der Waals surface area contributed by atoms with Crippen LogP contribution in [0, 0.1) is 5.92 Å². The van der Waals surface area contributed by atoms with Gasteiger partial charge in [0.1, 0.15) is 11.2 Å². The van der Waals surface area contributed by atoms with Crippen LogP contribution in [0.1, 0.15) is 55.9 Å². The number of fused-ring (bicyclic) bond motifs is 4. The first-order valence-corrected chi connectivity index (χ1v) is 14.5. The van der Waals surface area contributed by atoms with E-state index >= 15 is 0 Å². The zero-order chi connectivity index (χ0) is 29.4. The Labute approximate surface area is 243 Å². The number of hydrogen-bond acceptors (Lipinski definition) is 5. The Kier molecular flexibility index (Phi) is 7.89. The summed E-state index contributed by atoms with van der Waals surface area (Å²) in [5, 5.41) is 0. The second-order valence-corrected chi connectivity index (χ2v) is 12.2. The lowest BCUT2D eigenvalue weighted by molar-refractivity contribution is -0.138. The molecule has 0 aromatic heterocycles. The second-order valence-electron chi connectivity index (χ2n) is 12.2. The Morgan fingerprint density at radius 2 is 1.61 bits per heavy atom. The molecular weight excluding hydrogens is 512 g/mol. The fourth-order valence-electron chi connectivity index (χ4n) is 6.64. The number of likely N-dealkylation sites (N-methyl/N-ethyl adjacent to an activating group) is 1. The number of esters is 1. The van der Waals surface area contributed by atoms with Crippen molar-refractivity contribution < 1.29 is 19.1 Å². The molecule has 6 nitrogen and oxygen atoms in total.